The molecule has 3 unspecified atom stereocenters. The Morgan fingerprint density at radius 2 is 1.98 bits per heavy atom. The highest BCUT2D eigenvalue weighted by molar-refractivity contribution is 5.95. The smallest absolute Gasteiger partial charge is 0.335 e. The van der Waals surface area contributed by atoms with Crippen molar-refractivity contribution in [1.29, 1.82) is 0 Å². The minimum Gasteiger partial charge on any atom is -0.494 e. The fourth-order valence-corrected chi connectivity index (χ4v) is 5.70. The highest BCUT2D eigenvalue weighted by Crippen LogP contribution is 2.45. The standard InChI is InChI=1S/C19H23N3O4.C13H12FNO/c1-25-16-6-11(19(23)24)5-15-18(16)20-17(22(15)9-14-2-3-26-14)10-21-7-12-4-13(12)8-21;1-10-5-6-12(14)11(8-10)9-16-13-4-2-3-7-15-13/h5-6,12-14H,2-4,7-10H2,1H3,(H,23,24);2-8H,9H2,1H3. The minimum atomic E-state index is -0.959. The third kappa shape index (κ3) is 6.24. The average molecular weight is 575 g/mol. The van der Waals surface area contributed by atoms with Crippen molar-refractivity contribution in [2.24, 2.45) is 11.8 Å². The van der Waals surface area contributed by atoms with Crippen LogP contribution in [0.5, 0.6) is 11.6 Å². The van der Waals surface area contributed by atoms with Crippen molar-refractivity contribution in [2.75, 3.05) is 26.8 Å². The molecule has 4 heterocycles. The average Bonchev–Trinajstić information content (AvgIpc) is 3.42. The zero-order chi connectivity index (χ0) is 29.2. The van der Waals surface area contributed by atoms with Gasteiger partial charge in [-0.25, -0.2) is 19.2 Å². The van der Waals surface area contributed by atoms with Gasteiger partial charge in [0, 0.05) is 37.5 Å². The first kappa shape index (κ1) is 28.1. The number of aryl methyl sites for hydroxylation is 1. The van der Waals surface area contributed by atoms with Gasteiger partial charge in [-0.15, -0.1) is 0 Å². The number of pyridine rings is 1. The van der Waals surface area contributed by atoms with E-state index in [9.17, 15) is 14.3 Å². The summed E-state index contributed by atoms with van der Waals surface area (Å²) in [5.41, 5.74) is 3.33. The van der Waals surface area contributed by atoms with Gasteiger partial charge in [-0.05, 0) is 61.9 Å². The summed E-state index contributed by atoms with van der Waals surface area (Å²) in [4.78, 5) is 22.8. The molecule has 0 radical (unpaired) electrons. The van der Waals surface area contributed by atoms with E-state index in [1.165, 1.54) is 12.5 Å². The largest absolute Gasteiger partial charge is 0.494 e. The van der Waals surface area contributed by atoms with Crippen molar-refractivity contribution in [2.45, 2.75) is 45.6 Å². The van der Waals surface area contributed by atoms with E-state index in [-0.39, 0.29) is 24.1 Å². The van der Waals surface area contributed by atoms with Crippen LogP contribution in [0.1, 0.15) is 40.2 Å². The number of nitrogens with zero attached hydrogens (tertiary/aromatic N) is 4. The molecule has 3 atom stereocenters. The Labute approximate surface area is 243 Å². The number of carboxylic acids is 1. The molecule has 2 aliphatic heterocycles. The third-order valence-corrected chi connectivity index (χ3v) is 8.18. The van der Waals surface area contributed by atoms with Gasteiger partial charge in [-0.3, -0.25) is 4.90 Å². The number of carboxylic acid groups (broad SMARTS) is 1. The summed E-state index contributed by atoms with van der Waals surface area (Å²) in [6, 6.07) is 13.6. The van der Waals surface area contributed by atoms with Crippen LogP contribution in [0.25, 0.3) is 11.0 Å². The predicted octanol–water partition coefficient (Wildman–Crippen LogP) is 5.09. The molecule has 0 amide bonds. The number of halogens is 1. The maximum absolute atomic E-state index is 13.4. The summed E-state index contributed by atoms with van der Waals surface area (Å²) in [5.74, 6) is 2.52. The number of methoxy groups -OCH3 is 1. The SMILES string of the molecule is COc1cc(C(=O)O)cc2c1nc(CN1CC3CC3C1)n2CC1CCO1.Cc1ccc(F)c(COc2ccccn2)c1. The molecule has 3 fully saturated rings. The first-order chi connectivity index (χ1) is 20.4. The monoisotopic (exact) mass is 574 g/mol. The zero-order valence-corrected chi connectivity index (χ0v) is 23.8. The van der Waals surface area contributed by atoms with E-state index in [2.05, 4.69) is 14.5 Å². The van der Waals surface area contributed by atoms with Gasteiger partial charge in [0.2, 0.25) is 5.88 Å². The van der Waals surface area contributed by atoms with Gasteiger partial charge in [0.05, 0.1) is 37.4 Å². The quantitative estimate of drug-likeness (QED) is 0.295. The number of imidazole rings is 1. The van der Waals surface area contributed by atoms with E-state index in [1.54, 1.807) is 49.7 Å². The van der Waals surface area contributed by atoms with Crippen molar-refractivity contribution >= 4 is 17.0 Å². The molecule has 1 saturated carbocycles. The van der Waals surface area contributed by atoms with Crippen LogP contribution in [0.4, 0.5) is 4.39 Å². The highest BCUT2D eigenvalue weighted by atomic mass is 19.1. The lowest BCUT2D eigenvalue weighted by molar-refractivity contribution is -0.0591. The number of carbonyl (C=O) groups is 1. The predicted molar refractivity (Wildman–Crippen MR) is 154 cm³/mol. The van der Waals surface area contributed by atoms with E-state index in [0.717, 1.165) is 66.9 Å². The van der Waals surface area contributed by atoms with Crippen LogP contribution >= 0.6 is 0 Å². The summed E-state index contributed by atoms with van der Waals surface area (Å²) in [6.45, 7) is 6.70. The zero-order valence-electron chi connectivity index (χ0n) is 23.8. The van der Waals surface area contributed by atoms with Gasteiger partial charge in [0.25, 0.3) is 0 Å². The molecular weight excluding hydrogens is 539 g/mol. The number of ether oxygens (including phenoxy) is 3. The second-order valence-corrected chi connectivity index (χ2v) is 11.3. The first-order valence-electron chi connectivity index (χ1n) is 14.3. The molecule has 10 heteroatoms. The van der Waals surface area contributed by atoms with E-state index in [4.69, 9.17) is 19.2 Å². The van der Waals surface area contributed by atoms with Crippen molar-refractivity contribution in [3.8, 4) is 11.6 Å². The van der Waals surface area contributed by atoms with E-state index in [1.807, 2.05) is 13.0 Å². The second-order valence-electron chi connectivity index (χ2n) is 11.3. The summed E-state index contributed by atoms with van der Waals surface area (Å²) in [7, 11) is 1.56. The lowest BCUT2D eigenvalue weighted by Crippen LogP contribution is -2.32. The number of hydrogen-bond acceptors (Lipinski definition) is 7. The highest BCUT2D eigenvalue weighted by Gasteiger charge is 2.45. The molecular formula is C32H35FN4O5. The van der Waals surface area contributed by atoms with Crippen LogP contribution in [-0.4, -0.2) is 63.4 Å². The fourth-order valence-electron chi connectivity index (χ4n) is 5.70. The molecule has 7 rings (SSSR count). The molecule has 220 valence electrons. The van der Waals surface area contributed by atoms with E-state index in [0.29, 0.717) is 23.7 Å². The summed E-state index contributed by atoms with van der Waals surface area (Å²) >= 11 is 0. The van der Waals surface area contributed by atoms with Gasteiger partial charge < -0.3 is 23.9 Å². The Morgan fingerprint density at radius 1 is 1.17 bits per heavy atom. The summed E-state index contributed by atoms with van der Waals surface area (Å²) in [5, 5.41) is 9.45. The van der Waals surface area contributed by atoms with Crippen LogP contribution in [0.15, 0.2) is 54.7 Å². The van der Waals surface area contributed by atoms with Crippen molar-refractivity contribution < 1.29 is 28.5 Å². The van der Waals surface area contributed by atoms with Gasteiger partial charge in [-0.1, -0.05) is 17.7 Å². The number of benzene rings is 2. The van der Waals surface area contributed by atoms with Gasteiger partial charge in [0.15, 0.2) is 0 Å². The Kier molecular flexibility index (Phi) is 8.08. The first-order valence-corrected chi connectivity index (χ1v) is 14.3. The maximum Gasteiger partial charge on any atom is 0.335 e. The van der Waals surface area contributed by atoms with Crippen molar-refractivity contribution in [1.82, 2.24) is 19.4 Å². The van der Waals surface area contributed by atoms with Crippen molar-refractivity contribution in [3.63, 3.8) is 0 Å². The third-order valence-electron chi connectivity index (χ3n) is 8.18. The molecule has 0 spiro atoms. The molecule has 42 heavy (non-hydrogen) atoms. The Bertz CT molecular complexity index is 1560. The number of piperidine rings is 1. The number of fused-ring (bicyclic) bond motifs is 2. The number of hydrogen-bond donors (Lipinski definition) is 1. The molecule has 4 aromatic rings. The molecule has 2 saturated heterocycles. The fraction of sp³-hybridized carbons (Fsp3) is 0.406. The second kappa shape index (κ2) is 12.1. The number of likely N-dealkylation sites (tertiary alicyclic amines) is 1. The Morgan fingerprint density at radius 3 is 2.64 bits per heavy atom. The van der Waals surface area contributed by atoms with Crippen LogP contribution in [-0.2, 0) is 24.4 Å². The molecule has 2 aromatic heterocycles. The summed E-state index contributed by atoms with van der Waals surface area (Å²) in [6.07, 6.45) is 4.22. The van der Waals surface area contributed by atoms with Crippen LogP contribution in [0.2, 0.25) is 0 Å². The lowest BCUT2D eigenvalue weighted by atomic mass is 10.1. The van der Waals surface area contributed by atoms with Crippen molar-refractivity contribution in [3.05, 3.63) is 83.1 Å². The van der Waals surface area contributed by atoms with Gasteiger partial charge in [0.1, 0.15) is 29.5 Å². The van der Waals surface area contributed by atoms with Crippen LogP contribution in [0, 0.1) is 24.6 Å². The van der Waals surface area contributed by atoms with Crippen LogP contribution in [0.3, 0.4) is 0 Å². The van der Waals surface area contributed by atoms with Crippen LogP contribution < -0.4 is 9.47 Å². The molecule has 1 N–H and O–H groups in total. The Balaban J connectivity index is 0.000000170. The van der Waals surface area contributed by atoms with Gasteiger partial charge >= 0.3 is 5.97 Å². The minimum absolute atomic E-state index is 0.178. The molecule has 1 aliphatic carbocycles. The molecule has 9 nitrogen and oxygen atoms in total. The number of aromatic nitrogens is 3. The lowest BCUT2D eigenvalue weighted by Gasteiger charge is -2.28. The normalized spacial score (nSPS) is 20.8. The summed E-state index contributed by atoms with van der Waals surface area (Å²) < 4.78 is 32.0. The molecule has 0 bridgehead atoms. The van der Waals surface area contributed by atoms with E-state index < -0.39 is 5.97 Å². The van der Waals surface area contributed by atoms with Gasteiger partial charge in [-0.2, -0.15) is 0 Å². The maximum atomic E-state index is 13.4. The topological polar surface area (TPSA) is 98.9 Å². The number of rotatable bonds is 9. The molecule has 2 aromatic carbocycles. The molecule has 3 aliphatic rings. The number of aromatic carboxylic acids is 1. The Hall–Kier alpha value is -4.02. The van der Waals surface area contributed by atoms with E-state index >= 15 is 0 Å².